The lowest BCUT2D eigenvalue weighted by atomic mass is 9.72. The summed E-state index contributed by atoms with van der Waals surface area (Å²) < 4.78 is 5.19. The summed E-state index contributed by atoms with van der Waals surface area (Å²) in [4.78, 5) is 11.8. The number of nitrogens with two attached hydrogens (primary N) is 1. The molecule has 0 aliphatic heterocycles. The molecule has 0 bridgehead atoms. The van der Waals surface area contributed by atoms with Gasteiger partial charge < -0.3 is 15.8 Å². The Balaban J connectivity index is 2.27. The number of carbonyl (C=O) groups excluding carboxylic acids is 1. The first-order chi connectivity index (χ1) is 8.22. The smallest absolute Gasteiger partial charge is 0.220 e. The third-order valence-corrected chi connectivity index (χ3v) is 3.66. The molecule has 0 unspecified atom stereocenters. The Kier molecular flexibility index (Phi) is 6.52. The molecule has 0 heterocycles. The van der Waals surface area contributed by atoms with E-state index in [2.05, 4.69) is 5.32 Å². The number of rotatable bonds is 7. The van der Waals surface area contributed by atoms with Gasteiger partial charge >= 0.3 is 0 Å². The van der Waals surface area contributed by atoms with Crippen LogP contribution in [0.2, 0.25) is 0 Å². The summed E-state index contributed by atoms with van der Waals surface area (Å²) in [5, 5.41) is 2.90. The second-order valence-corrected chi connectivity index (χ2v) is 4.99. The quantitative estimate of drug-likeness (QED) is 0.664. The van der Waals surface area contributed by atoms with Crippen LogP contribution in [-0.4, -0.2) is 32.2 Å². The average Bonchev–Trinajstić information content (AvgIpc) is 2.36. The van der Waals surface area contributed by atoms with Crippen LogP contribution in [0.15, 0.2) is 0 Å². The van der Waals surface area contributed by atoms with E-state index in [1.54, 1.807) is 0 Å². The Morgan fingerprint density at radius 1 is 1.35 bits per heavy atom. The molecule has 0 saturated heterocycles. The van der Waals surface area contributed by atoms with Gasteiger partial charge in [-0.3, -0.25) is 4.79 Å². The Hall–Kier alpha value is -0.610. The van der Waals surface area contributed by atoms with E-state index < -0.39 is 0 Å². The first-order valence-corrected chi connectivity index (χ1v) is 6.77. The van der Waals surface area contributed by atoms with E-state index in [9.17, 15) is 4.79 Å². The molecule has 0 radical (unpaired) electrons. The van der Waals surface area contributed by atoms with E-state index >= 15 is 0 Å². The molecular weight excluding hydrogens is 216 g/mol. The fourth-order valence-corrected chi connectivity index (χ4v) is 2.56. The normalized spacial score (nSPS) is 18.9. The van der Waals surface area contributed by atoms with Crippen LogP contribution in [0.25, 0.3) is 0 Å². The van der Waals surface area contributed by atoms with Crippen LogP contribution < -0.4 is 11.1 Å². The molecule has 1 aliphatic carbocycles. The maximum Gasteiger partial charge on any atom is 0.220 e. The van der Waals surface area contributed by atoms with Crippen molar-refractivity contribution in [1.82, 2.24) is 5.32 Å². The molecular formula is C13H26N2O2. The summed E-state index contributed by atoms with van der Waals surface area (Å²) in [5.41, 5.74) is 5.92. The van der Waals surface area contributed by atoms with Gasteiger partial charge in [0.25, 0.3) is 0 Å². The van der Waals surface area contributed by atoms with Crippen molar-refractivity contribution >= 4 is 5.91 Å². The summed E-state index contributed by atoms with van der Waals surface area (Å²) >= 11 is 0. The Bertz CT molecular complexity index is 225. The first kappa shape index (κ1) is 14.5. The van der Waals surface area contributed by atoms with Crippen LogP contribution in [0, 0.1) is 5.41 Å². The van der Waals surface area contributed by atoms with Crippen molar-refractivity contribution in [2.75, 3.05) is 26.3 Å². The van der Waals surface area contributed by atoms with E-state index in [1.807, 2.05) is 6.92 Å². The largest absolute Gasteiger partial charge is 0.380 e. The number of amides is 1. The standard InChI is InChI=1S/C13H26N2O2/c1-2-17-9-8-15-12(16)10-13(11-14)6-4-3-5-7-13/h2-11,14H2,1H3,(H,15,16). The van der Waals surface area contributed by atoms with E-state index in [1.165, 1.54) is 19.3 Å². The summed E-state index contributed by atoms with van der Waals surface area (Å²) in [6.45, 7) is 4.48. The number of hydrogen-bond acceptors (Lipinski definition) is 3. The molecule has 4 nitrogen and oxygen atoms in total. The molecule has 3 N–H and O–H groups in total. The zero-order valence-corrected chi connectivity index (χ0v) is 11.0. The molecule has 1 saturated carbocycles. The molecule has 1 amide bonds. The topological polar surface area (TPSA) is 64.3 Å². The monoisotopic (exact) mass is 242 g/mol. The fourth-order valence-electron chi connectivity index (χ4n) is 2.56. The molecule has 0 aromatic heterocycles. The highest BCUT2D eigenvalue weighted by molar-refractivity contribution is 5.76. The average molecular weight is 242 g/mol. The molecule has 0 aromatic carbocycles. The number of ether oxygens (including phenoxy) is 1. The minimum atomic E-state index is 0.0634. The van der Waals surface area contributed by atoms with Crippen molar-refractivity contribution in [3.63, 3.8) is 0 Å². The number of carbonyl (C=O) groups is 1. The minimum absolute atomic E-state index is 0.0634. The summed E-state index contributed by atoms with van der Waals surface area (Å²) in [6.07, 6.45) is 6.49. The molecule has 4 heteroatoms. The van der Waals surface area contributed by atoms with Gasteiger partial charge in [0, 0.05) is 19.6 Å². The van der Waals surface area contributed by atoms with Gasteiger partial charge in [-0.15, -0.1) is 0 Å². The Morgan fingerprint density at radius 3 is 2.65 bits per heavy atom. The van der Waals surface area contributed by atoms with Gasteiger partial charge in [-0.1, -0.05) is 19.3 Å². The highest BCUT2D eigenvalue weighted by Gasteiger charge is 2.32. The first-order valence-electron chi connectivity index (χ1n) is 6.77. The van der Waals surface area contributed by atoms with Crippen LogP contribution in [0.1, 0.15) is 45.4 Å². The lowest BCUT2D eigenvalue weighted by Crippen LogP contribution is -2.39. The van der Waals surface area contributed by atoms with Crippen molar-refractivity contribution in [2.45, 2.75) is 45.4 Å². The molecule has 100 valence electrons. The lowest BCUT2D eigenvalue weighted by molar-refractivity contribution is -0.124. The SMILES string of the molecule is CCOCCNC(=O)CC1(CN)CCCCC1. The van der Waals surface area contributed by atoms with Crippen molar-refractivity contribution in [3.8, 4) is 0 Å². The second-order valence-electron chi connectivity index (χ2n) is 4.99. The molecule has 0 spiro atoms. The van der Waals surface area contributed by atoms with Gasteiger partial charge in [0.1, 0.15) is 0 Å². The summed E-state index contributed by atoms with van der Waals surface area (Å²) in [7, 11) is 0. The predicted molar refractivity (Wildman–Crippen MR) is 68.7 cm³/mol. The van der Waals surface area contributed by atoms with Gasteiger partial charge in [0.05, 0.1) is 6.61 Å². The summed E-state index contributed by atoms with van der Waals surface area (Å²) in [6, 6.07) is 0. The second kappa shape index (κ2) is 7.67. The van der Waals surface area contributed by atoms with Gasteiger partial charge in [0.2, 0.25) is 5.91 Å². The van der Waals surface area contributed by atoms with Gasteiger partial charge in [-0.25, -0.2) is 0 Å². The van der Waals surface area contributed by atoms with E-state index in [0.29, 0.717) is 32.7 Å². The van der Waals surface area contributed by atoms with Crippen LogP contribution >= 0.6 is 0 Å². The molecule has 0 atom stereocenters. The molecule has 1 aliphatic rings. The number of hydrogen-bond donors (Lipinski definition) is 2. The van der Waals surface area contributed by atoms with Crippen molar-refractivity contribution in [1.29, 1.82) is 0 Å². The van der Waals surface area contributed by atoms with Crippen molar-refractivity contribution in [3.05, 3.63) is 0 Å². The van der Waals surface area contributed by atoms with E-state index in [-0.39, 0.29) is 11.3 Å². The van der Waals surface area contributed by atoms with Crippen molar-refractivity contribution < 1.29 is 9.53 Å². The fraction of sp³-hybridized carbons (Fsp3) is 0.923. The zero-order chi connectivity index (χ0) is 12.6. The van der Waals surface area contributed by atoms with Gasteiger partial charge in [-0.05, 0) is 31.7 Å². The zero-order valence-electron chi connectivity index (χ0n) is 11.0. The highest BCUT2D eigenvalue weighted by atomic mass is 16.5. The van der Waals surface area contributed by atoms with Crippen LogP contribution in [0.4, 0.5) is 0 Å². The van der Waals surface area contributed by atoms with E-state index in [4.69, 9.17) is 10.5 Å². The third kappa shape index (κ3) is 5.04. The predicted octanol–water partition coefficient (Wildman–Crippen LogP) is 1.44. The minimum Gasteiger partial charge on any atom is -0.380 e. The van der Waals surface area contributed by atoms with Crippen LogP contribution in [0.3, 0.4) is 0 Å². The molecule has 1 rings (SSSR count). The lowest BCUT2D eigenvalue weighted by Gasteiger charge is -2.35. The highest BCUT2D eigenvalue weighted by Crippen LogP contribution is 2.38. The van der Waals surface area contributed by atoms with Crippen LogP contribution in [-0.2, 0) is 9.53 Å². The van der Waals surface area contributed by atoms with Gasteiger partial charge in [0.15, 0.2) is 0 Å². The maximum atomic E-state index is 11.8. The molecule has 0 aromatic rings. The molecule has 1 fully saturated rings. The van der Waals surface area contributed by atoms with Gasteiger partial charge in [-0.2, -0.15) is 0 Å². The van der Waals surface area contributed by atoms with Crippen LogP contribution in [0.5, 0.6) is 0 Å². The number of nitrogens with one attached hydrogen (secondary N) is 1. The Morgan fingerprint density at radius 2 is 2.06 bits per heavy atom. The van der Waals surface area contributed by atoms with E-state index in [0.717, 1.165) is 12.8 Å². The molecule has 17 heavy (non-hydrogen) atoms. The third-order valence-electron chi connectivity index (χ3n) is 3.66. The maximum absolute atomic E-state index is 11.8. The van der Waals surface area contributed by atoms with Crippen molar-refractivity contribution in [2.24, 2.45) is 11.1 Å². The summed E-state index contributed by atoms with van der Waals surface area (Å²) in [5.74, 6) is 0.122. The Labute approximate surface area is 104 Å².